The van der Waals surface area contributed by atoms with Gasteiger partial charge in [-0.25, -0.2) is 8.42 Å². The molecule has 0 fully saturated rings. The van der Waals surface area contributed by atoms with Gasteiger partial charge in [0.15, 0.2) is 9.84 Å². The largest absolute Gasteiger partial charge is 0.398 e. The molecule has 0 aliphatic rings. The van der Waals surface area contributed by atoms with Crippen LogP contribution in [0.5, 0.6) is 0 Å². The van der Waals surface area contributed by atoms with Crippen LogP contribution in [0.3, 0.4) is 0 Å². The fourth-order valence-electron chi connectivity index (χ4n) is 1.76. The molecule has 0 spiro atoms. The molecule has 19 heavy (non-hydrogen) atoms. The summed E-state index contributed by atoms with van der Waals surface area (Å²) >= 11 is 5.86. The Bertz CT molecular complexity index is 711. The van der Waals surface area contributed by atoms with E-state index in [2.05, 4.69) is 0 Å². The van der Waals surface area contributed by atoms with E-state index >= 15 is 0 Å². The third-order valence-corrected chi connectivity index (χ3v) is 4.93. The first kappa shape index (κ1) is 13.9. The Morgan fingerprint density at radius 1 is 1.16 bits per heavy atom. The van der Waals surface area contributed by atoms with E-state index in [1.807, 2.05) is 31.2 Å². The molecule has 0 heterocycles. The Morgan fingerprint density at radius 2 is 1.84 bits per heavy atom. The van der Waals surface area contributed by atoms with E-state index in [0.29, 0.717) is 5.69 Å². The van der Waals surface area contributed by atoms with Gasteiger partial charge in [0, 0.05) is 0 Å². The number of sulfone groups is 1. The summed E-state index contributed by atoms with van der Waals surface area (Å²) < 4.78 is 24.6. The summed E-state index contributed by atoms with van der Waals surface area (Å²) in [5, 5.41) is 0.255. The number of hydrogen-bond acceptors (Lipinski definition) is 3. The van der Waals surface area contributed by atoms with E-state index in [9.17, 15) is 8.42 Å². The van der Waals surface area contributed by atoms with Gasteiger partial charge < -0.3 is 5.73 Å². The Kier molecular flexibility index (Phi) is 3.83. The van der Waals surface area contributed by atoms with E-state index in [1.54, 1.807) is 0 Å². The van der Waals surface area contributed by atoms with Crippen LogP contribution in [0.2, 0.25) is 5.02 Å². The highest BCUT2D eigenvalue weighted by atomic mass is 35.5. The molecule has 0 bridgehead atoms. The van der Waals surface area contributed by atoms with Crippen LogP contribution in [0.4, 0.5) is 5.69 Å². The molecule has 2 N–H and O–H groups in total. The second kappa shape index (κ2) is 5.23. The lowest BCUT2D eigenvalue weighted by Gasteiger charge is -2.08. The third kappa shape index (κ3) is 3.08. The second-order valence-electron chi connectivity index (χ2n) is 4.37. The van der Waals surface area contributed by atoms with Crippen LogP contribution in [0.1, 0.15) is 11.1 Å². The molecule has 3 nitrogen and oxygen atoms in total. The Labute approximate surface area is 117 Å². The van der Waals surface area contributed by atoms with Gasteiger partial charge in [-0.05, 0) is 36.2 Å². The van der Waals surface area contributed by atoms with Crippen molar-refractivity contribution < 1.29 is 8.42 Å². The molecule has 100 valence electrons. The number of rotatable bonds is 3. The normalized spacial score (nSPS) is 11.5. The highest BCUT2D eigenvalue weighted by molar-refractivity contribution is 7.90. The number of benzene rings is 2. The molecule has 0 saturated heterocycles. The fourth-order valence-corrected chi connectivity index (χ4v) is 3.48. The summed E-state index contributed by atoms with van der Waals surface area (Å²) in [4.78, 5) is 0.190. The van der Waals surface area contributed by atoms with Gasteiger partial charge in [0.05, 0.1) is 21.4 Å². The number of hydrogen-bond donors (Lipinski definition) is 1. The fraction of sp³-hybridized carbons (Fsp3) is 0.143. The van der Waals surface area contributed by atoms with E-state index in [4.69, 9.17) is 17.3 Å². The zero-order valence-electron chi connectivity index (χ0n) is 10.4. The van der Waals surface area contributed by atoms with Crippen molar-refractivity contribution in [3.05, 3.63) is 58.6 Å². The average Bonchev–Trinajstić information content (AvgIpc) is 2.35. The van der Waals surface area contributed by atoms with Crippen molar-refractivity contribution >= 4 is 27.1 Å². The molecular formula is C14H14ClNO2S. The topological polar surface area (TPSA) is 60.2 Å². The highest BCUT2D eigenvalue weighted by Crippen LogP contribution is 2.25. The van der Waals surface area contributed by atoms with E-state index in [-0.39, 0.29) is 15.7 Å². The zero-order chi connectivity index (χ0) is 14.0. The number of aryl methyl sites for hydroxylation is 1. The molecule has 0 amide bonds. The third-order valence-electron chi connectivity index (χ3n) is 2.94. The van der Waals surface area contributed by atoms with Gasteiger partial charge in [-0.15, -0.1) is 0 Å². The summed E-state index contributed by atoms with van der Waals surface area (Å²) in [5.41, 5.74) is 7.69. The van der Waals surface area contributed by atoms with Crippen LogP contribution in [0.15, 0.2) is 47.4 Å². The molecule has 0 unspecified atom stereocenters. The van der Waals surface area contributed by atoms with Crippen LogP contribution >= 0.6 is 11.6 Å². The van der Waals surface area contributed by atoms with Crippen LogP contribution < -0.4 is 5.73 Å². The molecule has 0 aliphatic heterocycles. The maximum absolute atomic E-state index is 12.3. The van der Waals surface area contributed by atoms with Crippen LogP contribution in [-0.2, 0) is 15.6 Å². The molecule has 0 aromatic heterocycles. The minimum absolute atomic E-state index is 0.0417. The quantitative estimate of drug-likeness (QED) is 0.885. The number of anilines is 1. The molecule has 5 heteroatoms. The molecule has 0 atom stereocenters. The summed E-state index contributed by atoms with van der Waals surface area (Å²) in [6.07, 6.45) is 0. The van der Waals surface area contributed by atoms with Gasteiger partial charge in [-0.1, -0.05) is 35.9 Å². The lowest BCUT2D eigenvalue weighted by atomic mass is 10.1. The predicted octanol–water partition coefficient (Wildman–Crippen LogP) is 3.20. The Balaban J connectivity index is 2.38. The summed E-state index contributed by atoms with van der Waals surface area (Å²) in [7, 11) is -3.42. The highest BCUT2D eigenvalue weighted by Gasteiger charge is 2.17. The van der Waals surface area contributed by atoms with Crippen molar-refractivity contribution in [3.8, 4) is 0 Å². The van der Waals surface area contributed by atoms with Gasteiger partial charge in [0.1, 0.15) is 0 Å². The molecule has 2 aromatic carbocycles. The van der Waals surface area contributed by atoms with E-state index in [1.165, 1.54) is 18.2 Å². The van der Waals surface area contributed by atoms with Crippen molar-refractivity contribution in [2.24, 2.45) is 0 Å². The van der Waals surface area contributed by atoms with Crippen LogP contribution in [0.25, 0.3) is 0 Å². The van der Waals surface area contributed by atoms with E-state index < -0.39 is 9.84 Å². The van der Waals surface area contributed by atoms with Crippen molar-refractivity contribution in [1.82, 2.24) is 0 Å². The first-order chi connectivity index (χ1) is 8.90. The van der Waals surface area contributed by atoms with Crippen LogP contribution in [0, 0.1) is 6.92 Å². The monoisotopic (exact) mass is 295 g/mol. The SMILES string of the molecule is Cc1ccccc1CS(=O)(=O)c1ccc(N)c(Cl)c1. The van der Waals surface area contributed by atoms with Crippen molar-refractivity contribution in [3.63, 3.8) is 0 Å². The van der Waals surface area contributed by atoms with Gasteiger partial charge in [0.2, 0.25) is 0 Å². The number of nitrogen functional groups attached to an aromatic ring is 1. The van der Waals surface area contributed by atoms with Gasteiger partial charge >= 0.3 is 0 Å². The predicted molar refractivity (Wildman–Crippen MR) is 77.9 cm³/mol. The van der Waals surface area contributed by atoms with Crippen molar-refractivity contribution in [1.29, 1.82) is 0 Å². The van der Waals surface area contributed by atoms with Crippen molar-refractivity contribution in [2.75, 3.05) is 5.73 Å². The maximum Gasteiger partial charge on any atom is 0.182 e. The lowest BCUT2D eigenvalue weighted by molar-refractivity contribution is 0.595. The first-order valence-corrected chi connectivity index (χ1v) is 7.75. The lowest BCUT2D eigenvalue weighted by Crippen LogP contribution is -2.06. The molecule has 0 aliphatic carbocycles. The first-order valence-electron chi connectivity index (χ1n) is 5.72. The summed E-state index contributed by atoms with van der Waals surface area (Å²) in [6.45, 7) is 1.89. The smallest absolute Gasteiger partial charge is 0.182 e. The van der Waals surface area contributed by atoms with Gasteiger partial charge in [0.25, 0.3) is 0 Å². The van der Waals surface area contributed by atoms with Gasteiger partial charge in [-0.2, -0.15) is 0 Å². The molecule has 2 aromatic rings. The Morgan fingerprint density at radius 3 is 2.47 bits per heavy atom. The molecular weight excluding hydrogens is 282 g/mol. The molecule has 0 radical (unpaired) electrons. The summed E-state index contributed by atoms with van der Waals surface area (Å²) in [6, 6.07) is 11.8. The molecule has 0 saturated carbocycles. The average molecular weight is 296 g/mol. The number of nitrogens with two attached hydrogens (primary N) is 1. The van der Waals surface area contributed by atoms with E-state index in [0.717, 1.165) is 11.1 Å². The second-order valence-corrected chi connectivity index (χ2v) is 6.77. The Hall–Kier alpha value is -1.52. The number of halogens is 1. The standard InChI is InChI=1S/C14H14ClNO2S/c1-10-4-2-3-5-11(10)9-19(17,18)12-6-7-14(16)13(15)8-12/h2-8H,9,16H2,1H3. The van der Waals surface area contributed by atoms with Crippen molar-refractivity contribution in [2.45, 2.75) is 17.6 Å². The maximum atomic E-state index is 12.3. The van der Waals surface area contributed by atoms with Gasteiger partial charge in [-0.3, -0.25) is 0 Å². The zero-order valence-corrected chi connectivity index (χ0v) is 12.0. The molecule has 2 rings (SSSR count). The van der Waals surface area contributed by atoms with Crippen LogP contribution in [-0.4, -0.2) is 8.42 Å². The minimum Gasteiger partial charge on any atom is -0.398 e. The summed E-state index contributed by atoms with van der Waals surface area (Å²) in [5.74, 6) is -0.0417. The minimum atomic E-state index is -3.42.